The van der Waals surface area contributed by atoms with Crippen molar-refractivity contribution >= 4 is 5.91 Å². The number of ether oxygens (including phenoxy) is 8. The predicted molar refractivity (Wildman–Crippen MR) is 237 cm³/mol. The van der Waals surface area contributed by atoms with Gasteiger partial charge in [-0.2, -0.15) is 0 Å². The molecule has 2 fully saturated rings. The van der Waals surface area contributed by atoms with Crippen molar-refractivity contribution in [2.75, 3.05) is 13.2 Å². The molecule has 328 valence electrons. The van der Waals surface area contributed by atoms with Crippen LogP contribution in [0.5, 0.6) is 0 Å². The summed E-state index contributed by atoms with van der Waals surface area (Å²) in [5, 5.41) is 3.24. The SMILES string of the molecule is Cc1ccc(CCC(=O)N[C@@H](COC2OC(COCc3ccccc3)C(OCc3ccccc3)C(OCc3ccccc3)C2OCc2ccccc2)[C@@H]2OC(C)(C)O[C@@H]2C)cc1. The van der Waals surface area contributed by atoms with E-state index in [0.717, 1.165) is 27.8 Å². The molecule has 10 heteroatoms. The zero-order valence-electron chi connectivity index (χ0n) is 36.3. The Bertz CT molecular complexity index is 2050. The molecular weight excluding hydrogens is 783 g/mol. The largest absolute Gasteiger partial charge is 0.374 e. The molecule has 5 aromatic carbocycles. The fourth-order valence-corrected chi connectivity index (χ4v) is 7.97. The van der Waals surface area contributed by atoms with Crippen molar-refractivity contribution in [1.82, 2.24) is 5.32 Å². The van der Waals surface area contributed by atoms with Crippen molar-refractivity contribution in [3.63, 3.8) is 0 Å². The van der Waals surface area contributed by atoms with E-state index in [0.29, 0.717) is 32.7 Å². The fraction of sp³-hybridized carbons (Fsp3) is 0.404. The first kappa shape index (κ1) is 45.3. The first-order chi connectivity index (χ1) is 30.2. The lowest BCUT2D eigenvalue weighted by molar-refractivity contribution is -0.329. The van der Waals surface area contributed by atoms with Crippen molar-refractivity contribution in [3.05, 3.63) is 179 Å². The molecule has 62 heavy (non-hydrogen) atoms. The molecule has 5 aromatic rings. The maximum absolute atomic E-state index is 13.7. The van der Waals surface area contributed by atoms with Gasteiger partial charge in [-0.1, -0.05) is 151 Å². The van der Waals surface area contributed by atoms with Crippen molar-refractivity contribution in [2.24, 2.45) is 0 Å². The smallest absolute Gasteiger partial charge is 0.220 e. The van der Waals surface area contributed by atoms with E-state index in [2.05, 4.69) is 36.5 Å². The Kier molecular flexibility index (Phi) is 16.5. The van der Waals surface area contributed by atoms with E-state index in [4.69, 9.17) is 37.9 Å². The molecule has 10 nitrogen and oxygen atoms in total. The molecule has 0 saturated carbocycles. The molecule has 0 bridgehead atoms. The Hall–Kier alpha value is -4.75. The first-order valence-corrected chi connectivity index (χ1v) is 21.7. The zero-order chi connectivity index (χ0) is 43.2. The molecule has 2 saturated heterocycles. The summed E-state index contributed by atoms with van der Waals surface area (Å²) < 4.78 is 53.4. The highest BCUT2D eigenvalue weighted by Crippen LogP contribution is 2.34. The molecule has 2 aliphatic rings. The minimum atomic E-state index is -0.959. The van der Waals surface area contributed by atoms with E-state index in [1.54, 1.807) is 0 Å². The predicted octanol–water partition coefficient (Wildman–Crippen LogP) is 8.67. The summed E-state index contributed by atoms with van der Waals surface area (Å²) in [6.07, 6.45) is -3.59. The molecule has 5 unspecified atom stereocenters. The molecule has 1 amide bonds. The Morgan fingerprint density at radius 1 is 0.613 bits per heavy atom. The van der Waals surface area contributed by atoms with Crippen molar-refractivity contribution in [3.8, 4) is 0 Å². The molecule has 2 aliphatic heterocycles. The van der Waals surface area contributed by atoms with Crippen LogP contribution in [0.3, 0.4) is 0 Å². The number of hydrogen-bond acceptors (Lipinski definition) is 9. The van der Waals surface area contributed by atoms with Gasteiger partial charge in [0.2, 0.25) is 5.91 Å². The maximum Gasteiger partial charge on any atom is 0.220 e. The van der Waals surface area contributed by atoms with Gasteiger partial charge >= 0.3 is 0 Å². The summed E-state index contributed by atoms with van der Waals surface area (Å²) in [7, 11) is 0. The molecule has 0 spiro atoms. The van der Waals surface area contributed by atoms with Gasteiger partial charge in [-0.05, 0) is 61.9 Å². The van der Waals surface area contributed by atoms with E-state index >= 15 is 0 Å². The molecule has 1 N–H and O–H groups in total. The third kappa shape index (κ3) is 13.4. The van der Waals surface area contributed by atoms with Crippen LogP contribution >= 0.6 is 0 Å². The van der Waals surface area contributed by atoms with E-state index < -0.39 is 48.6 Å². The van der Waals surface area contributed by atoms with Gasteiger partial charge in [0, 0.05) is 6.42 Å². The van der Waals surface area contributed by atoms with Gasteiger partial charge in [0.25, 0.3) is 0 Å². The zero-order valence-corrected chi connectivity index (χ0v) is 36.3. The average molecular weight is 844 g/mol. The lowest BCUT2D eigenvalue weighted by Gasteiger charge is -2.46. The Morgan fingerprint density at radius 2 is 1.11 bits per heavy atom. The van der Waals surface area contributed by atoms with Gasteiger partial charge < -0.3 is 43.2 Å². The number of carbonyl (C=O) groups is 1. The maximum atomic E-state index is 13.7. The summed E-state index contributed by atoms with van der Waals surface area (Å²) in [6.45, 7) is 9.25. The van der Waals surface area contributed by atoms with Crippen LogP contribution in [0.1, 0.15) is 60.6 Å². The van der Waals surface area contributed by atoms with Gasteiger partial charge in [0.1, 0.15) is 30.5 Å². The first-order valence-electron chi connectivity index (χ1n) is 21.7. The van der Waals surface area contributed by atoms with E-state index in [-0.39, 0.29) is 31.8 Å². The highest BCUT2D eigenvalue weighted by molar-refractivity contribution is 5.76. The number of aryl methyl sites for hydroxylation is 2. The van der Waals surface area contributed by atoms with Crippen LogP contribution in [0, 0.1) is 6.92 Å². The van der Waals surface area contributed by atoms with Crippen molar-refractivity contribution < 1.29 is 42.7 Å². The number of hydrogen-bond donors (Lipinski definition) is 1. The summed E-state index contributed by atoms with van der Waals surface area (Å²) >= 11 is 0. The standard InChI is InChI=1S/C52H61NO9/c1-37-25-27-39(28-26-37)29-30-46(54)53-44(47-38(2)61-52(3,4)62-47)35-59-51-50(58-34-43-23-15-8-16-24-43)49(57-33-42-21-13-7-14-22-42)48(56-32-41-19-11-6-12-20-41)45(60-51)36-55-31-40-17-9-5-10-18-40/h5-28,38,44-45,47-51H,29-36H2,1-4H3,(H,53,54)/t38-,44+,45?,47-,48?,49?,50?,51?/m1/s1. The number of benzene rings is 5. The minimum Gasteiger partial charge on any atom is -0.374 e. The summed E-state index contributed by atoms with van der Waals surface area (Å²) in [6, 6.07) is 47.8. The third-order valence-corrected chi connectivity index (χ3v) is 11.1. The second-order valence-electron chi connectivity index (χ2n) is 16.6. The summed E-state index contributed by atoms with van der Waals surface area (Å²) in [4.78, 5) is 13.7. The second kappa shape index (κ2) is 22.6. The second-order valence-corrected chi connectivity index (χ2v) is 16.6. The van der Waals surface area contributed by atoms with Crippen LogP contribution in [0.15, 0.2) is 146 Å². The van der Waals surface area contributed by atoms with Gasteiger partial charge in [0.15, 0.2) is 12.1 Å². The molecule has 7 rings (SSSR count). The van der Waals surface area contributed by atoms with Crippen LogP contribution in [0.25, 0.3) is 0 Å². The highest BCUT2D eigenvalue weighted by atomic mass is 16.8. The lowest BCUT2D eigenvalue weighted by atomic mass is 9.97. The molecule has 8 atom stereocenters. The molecule has 0 radical (unpaired) electrons. The van der Waals surface area contributed by atoms with Gasteiger partial charge in [-0.25, -0.2) is 0 Å². The Balaban J connectivity index is 1.18. The van der Waals surface area contributed by atoms with Gasteiger partial charge in [0.05, 0.1) is 51.8 Å². The van der Waals surface area contributed by atoms with Gasteiger partial charge in [-0.15, -0.1) is 0 Å². The van der Waals surface area contributed by atoms with Crippen LogP contribution in [-0.2, 0) is 75.5 Å². The number of carbonyl (C=O) groups excluding carboxylic acids is 1. The van der Waals surface area contributed by atoms with E-state index in [9.17, 15) is 4.79 Å². The van der Waals surface area contributed by atoms with Crippen LogP contribution in [0.2, 0.25) is 0 Å². The monoisotopic (exact) mass is 843 g/mol. The van der Waals surface area contributed by atoms with E-state index in [1.165, 1.54) is 5.56 Å². The van der Waals surface area contributed by atoms with Crippen molar-refractivity contribution in [2.45, 2.75) is 122 Å². The lowest BCUT2D eigenvalue weighted by Crippen LogP contribution is -2.62. The quantitative estimate of drug-likeness (QED) is 0.0778. The fourth-order valence-electron chi connectivity index (χ4n) is 7.97. The Morgan fingerprint density at radius 3 is 1.63 bits per heavy atom. The molecule has 2 heterocycles. The third-order valence-electron chi connectivity index (χ3n) is 11.1. The number of rotatable bonds is 21. The van der Waals surface area contributed by atoms with Crippen LogP contribution < -0.4 is 5.32 Å². The molecular formula is C52H61NO9. The van der Waals surface area contributed by atoms with Crippen LogP contribution in [0.4, 0.5) is 0 Å². The minimum absolute atomic E-state index is 0.0408. The van der Waals surface area contributed by atoms with E-state index in [1.807, 2.05) is 142 Å². The van der Waals surface area contributed by atoms with Crippen molar-refractivity contribution in [1.29, 1.82) is 0 Å². The molecule has 0 aromatic heterocycles. The normalized spacial score (nSPS) is 23.8. The summed E-state index contributed by atoms with van der Waals surface area (Å²) in [5.41, 5.74) is 6.29. The number of amides is 1. The Labute approximate surface area is 366 Å². The van der Waals surface area contributed by atoms with Gasteiger partial charge in [-0.3, -0.25) is 4.79 Å². The highest BCUT2D eigenvalue weighted by Gasteiger charge is 2.50. The topological polar surface area (TPSA) is 103 Å². The molecule has 0 aliphatic carbocycles. The average Bonchev–Trinajstić information content (AvgIpc) is 3.58. The number of nitrogens with one attached hydrogen (secondary N) is 1. The summed E-state index contributed by atoms with van der Waals surface area (Å²) in [5.74, 6) is -0.967. The van der Waals surface area contributed by atoms with Crippen LogP contribution in [-0.4, -0.2) is 73.9 Å².